The Kier molecular flexibility index (Phi) is 2.75. The van der Waals surface area contributed by atoms with Gasteiger partial charge in [-0.15, -0.1) is 11.3 Å². The smallest absolute Gasteiger partial charge is 0.0968 e. The maximum absolute atomic E-state index is 4.25. The predicted molar refractivity (Wildman–Crippen MR) is 61.5 cm³/mol. The van der Waals surface area contributed by atoms with E-state index >= 15 is 0 Å². The second kappa shape index (κ2) is 4.20. The second-order valence-electron chi connectivity index (χ2n) is 3.05. The van der Waals surface area contributed by atoms with Gasteiger partial charge in [0, 0.05) is 18.0 Å². The van der Waals surface area contributed by atoms with Crippen LogP contribution in [0, 0.1) is 0 Å². The topological polar surface area (TPSA) is 12.9 Å². The molecule has 0 N–H and O–H groups in total. The number of hydrogen-bond acceptors (Lipinski definition) is 2. The number of rotatable bonds is 3. The summed E-state index contributed by atoms with van der Waals surface area (Å²) in [6.07, 6.45) is 4.63. The highest BCUT2D eigenvalue weighted by Crippen LogP contribution is 2.12. The summed E-state index contributed by atoms with van der Waals surface area (Å²) in [5, 5.41) is 3.17. The third-order valence-electron chi connectivity index (χ3n) is 2.05. The highest BCUT2D eigenvalue weighted by molar-refractivity contribution is 7.09. The molecule has 0 unspecified atom stereocenters. The fraction of sp³-hybridized carbons (Fsp3) is 0.0833. The molecule has 0 atom stereocenters. The Bertz CT molecular complexity index is 400. The van der Waals surface area contributed by atoms with Gasteiger partial charge in [0.2, 0.25) is 0 Å². The lowest BCUT2D eigenvalue weighted by molar-refractivity contribution is 1.14. The van der Waals surface area contributed by atoms with Gasteiger partial charge in [0.05, 0.1) is 5.01 Å². The van der Waals surface area contributed by atoms with E-state index in [1.165, 1.54) is 5.56 Å². The monoisotopic (exact) mass is 201 g/mol. The second-order valence-corrected chi connectivity index (χ2v) is 4.03. The van der Waals surface area contributed by atoms with Crippen LogP contribution in [0.2, 0.25) is 0 Å². The van der Waals surface area contributed by atoms with Gasteiger partial charge in [-0.05, 0) is 11.1 Å². The van der Waals surface area contributed by atoms with Crippen molar-refractivity contribution in [3.63, 3.8) is 0 Å². The van der Waals surface area contributed by atoms with Crippen molar-refractivity contribution in [3.05, 3.63) is 58.6 Å². The minimum atomic E-state index is 0.926. The zero-order valence-corrected chi connectivity index (χ0v) is 8.63. The van der Waals surface area contributed by atoms with Gasteiger partial charge >= 0.3 is 0 Å². The summed E-state index contributed by atoms with van der Waals surface area (Å²) in [5.74, 6) is 0. The van der Waals surface area contributed by atoms with E-state index in [0.29, 0.717) is 0 Å². The van der Waals surface area contributed by atoms with Crippen molar-refractivity contribution in [2.45, 2.75) is 6.42 Å². The third-order valence-corrected chi connectivity index (χ3v) is 2.83. The number of thiazole rings is 1. The SMILES string of the molecule is C=Cc1ccc(Cc2nccs2)cc1. The molecule has 0 saturated carbocycles. The Morgan fingerprint density at radius 2 is 2.07 bits per heavy atom. The van der Waals surface area contributed by atoms with Gasteiger partial charge in [0.15, 0.2) is 0 Å². The molecule has 2 heteroatoms. The normalized spacial score (nSPS) is 10.0. The van der Waals surface area contributed by atoms with Gasteiger partial charge in [0.1, 0.15) is 0 Å². The first-order valence-electron chi connectivity index (χ1n) is 4.48. The number of aromatic nitrogens is 1. The van der Waals surface area contributed by atoms with Crippen molar-refractivity contribution in [1.29, 1.82) is 0 Å². The van der Waals surface area contributed by atoms with Crippen molar-refractivity contribution in [3.8, 4) is 0 Å². The quantitative estimate of drug-likeness (QED) is 0.742. The van der Waals surface area contributed by atoms with Crippen molar-refractivity contribution in [1.82, 2.24) is 4.98 Å². The first-order chi connectivity index (χ1) is 6.88. The lowest BCUT2D eigenvalue weighted by Crippen LogP contribution is -1.86. The minimum Gasteiger partial charge on any atom is -0.249 e. The Labute approximate surface area is 87.8 Å². The zero-order chi connectivity index (χ0) is 9.80. The summed E-state index contributed by atoms with van der Waals surface area (Å²) in [7, 11) is 0. The summed E-state index contributed by atoms with van der Waals surface area (Å²) in [4.78, 5) is 4.25. The third kappa shape index (κ3) is 2.09. The average Bonchev–Trinajstić information content (AvgIpc) is 2.72. The van der Waals surface area contributed by atoms with E-state index < -0.39 is 0 Å². The first-order valence-corrected chi connectivity index (χ1v) is 5.36. The number of hydrogen-bond donors (Lipinski definition) is 0. The molecule has 0 aliphatic carbocycles. The lowest BCUT2D eigenvalue weighted by Gasteiger charge is -1.98. The van der Waals surface area contributed by atoms with Gasteiger partial charge in [-0.3, -0.25) is 0 Å². The van der Waals surface area contributed by atoms with Crippen LogP contribution in [0.25, 0.3) is 6.08 Å². The molecule has 0 spiro atoms. The Morgan fingerprint density at radius 3 is 2.64 bits per heavy atom. The van der Waals surface area contributed by atoms with E-state index in [4.69, 9.17) is 0 Å². The van der Waals surface area contributed by atoms with Crippen molar-refractivity contribution in [2.24, 2.45) is 0 Å². The van der Waals surface area contributed by atoms with Crippen LogP contribution in [0.3, 0.4) is 0 Å². The molecule has 0 aliphatic heterocycles. The van der Waals surface area contributed by atoms with Crippen molar-refractivity contribution in [2.75, 3.05) is 0 Å². The molecule has 0 radical (unpaired) electrons. The molecule has 2 aromatic rings. The largest absolute Gasteiger partial charge is 0.249 e. The van der Waals surface area contributed by atoms with Gasteiger partial charge in [-0.2, -0.15) is 0 Å². The van der Waals surface area contributed by atoms with Gasteiger partial charge in [0.25, 0.3) is 0 Å². The molecule has 0 saturated heterocycles. The van der Waals surface area contributed by atoms with Crippen LogP contribution in [0.15, 0.2) is 42.4 Å². The lowest BCUT2D eigenvalue weighted by atomic mass is 10.1. The first kappa shape index (κ1) is 9.16. The molecule has 1 heterocycles. The fourth-order valence-electron chi connectivity index (χ4n) is 1.29. The maximum Gasteiger partial charge on any atom is 0.0968 e. The molecule has 0 fully saturated rings. The summed E-state index contributed by atoms with van der Waals surface area (Å²) in [6.45, 7) is 3.73. The predicted octanol–water partition coefficient (Wildman–Crippen LogP) is 3.38. The molecular formula is C12H11NS. The summed E-state index contributed by atoms with van der Waals surface area (Å²) >= 11 is 1.70. The molecular weight excluding hydrogens is 190 g/mol. The van der Waals surface area contributed by atoms with Crippen LogP contribution in [0.1, 0.15) is 16.1 Å². The van der Waals surface area contributed by atoms with Crippen molar-refractivity contribution >= 4 is 17.4 Å². The summed E-state index contributed by atoms with van der Waals surface area (Å²) < 4.78 is 0. The summed E-state index contributed by atoms with van der Waals surface area (Å²) in [6, 6.07) is 8.41. The zero-order valence-electron chi connectivity index (χ0n) is 7.81. The Morgan fingerprint density at radius 1 is 1.29 bits per heavy atom. The van der Waals surface area contributed by atoms with Gasteiger partial charge in [-0.1, -0.05) is 36.9 Å². The van der Waals surface area contributed by atoms with Crippen LogP contribution < -0.4 is 0 Å². The molecule has 70 valence electrons. The van der Waals surface area contributed by atoms with E-state index in [1.807, 2.05) is 17.7 Å². The molecule has 0 amide bonds. The van der Waals surface area contributed by atoms with Crippen LogP contribution in [0.5, 0.6) is 0 Å². The minimum absolute atomic E-state index is 0.926. The molecule has 1 aromatic carbocycles. The van der Waals surface area contributed by atoms with E-state index in [0.717, 1.165) is 17.0 Å². The molecule has 1 aromatic heterocycles. The van der Waals surface area contributed by atoms with E-state index in [1.54, 1.807) is 11.3 Å². The highest BCUT2D eigenvalue weighted by Gasteiger charge is 1.97. The van der Waals surface area contributed by atoms with Crippen LogP contribution in [0.4, 0.5) is 0 Å². The van der Waals surface area contributed by atoms with E-state index in [2.05, 4.69) is 35.8 Å². The fourth-order valence-corrected chi connectivity index (χ4v) is 1.94. The molecule has 1 nitrogen and oxygen atoms in total. The molecule has 2 rings (SSSR count). The Balaban J connectivity index is 2.14. The van der Waals surface area contributed by atoms with Crippen LogP contribution in [-0.4, -0.2) is 4.98 Å². The number of nitrogens with zero attached hydrogens (tertiary/aromatic N) is 1. The van der Waals surface area contributed by atoms with Crippen LogP contribution in [-0.2, 0) is 6.42 Å². The molecule has 0 aliphatic rings. The van der Waals surface area contributed by atoms with E-state index in [9.17, 15) is 0 Å². The maximum atomic E-state index is 4.25. The van der Waals surface area contributed by atoms with Crippen LogP contribution >= 0.6 is 11.3 Å². The molecule has 14 heavy (non-hydrogen) atoms. The standard InChI is InChI=1S/C12H11NS/c1-2-10-3-5-11(6-4-10)9-12-13-7-8-14-12/h2-8H,1,9H2. The summed E-state index contributed by atoms with van der Waals surface area (Å²) in [5.41, 5.74) is 2.46. The van der Waals surface area contributed by atoms with Crippen molar-refractivity contribution < 1.29 is 0 Å². The molecule has 0 bridgehead atoms. The van der Waals surface area contributed by atoms with Gasteiger partial charge < -0.3 is 0 Å². The van der Waals surface area contributed by atoms with E-state index in [-0.39, 0.29) is 0 Å². The number of benzene rings is 1. The highest BCUT2D eigenvalue weighted by atomic mass is 32.1. The Hall–Kier alpha value is -1.41. The van der Waals surface area contributed by atoms with Gasteiger partial charge in [-0.25, -0.2) is 4.98 Å². The average molecular weight is 201 g/mol.